The molecule has 3 heterocycles. The molecule has 31 heavy (non-hydrogen) atoms. The summed E-state index contributed by atoms with van der Waals surface area (Å²) in [6, 6.07) is 6.10. The number of nitrogens with one attached hydrogen (secondary N) is 2. The molecule has 2 aliphatic rings. The summed E-state index contributed by atoms with van der Waals surface area (Å²) in [7, 11) is 1.95. The first kappa shape index (κ1) is 20.5. The molecule has 0 radical (unpaired) electrons. The van der Waals surface area contributed by atoms with Gasteiger partial charge in [-0.25, -0.2) is 4.98 Å². The molecule has 2 fully saturated rings. The van der Waals surface area contributed by atoms with E-state index in [4.69, 9.17) is 22.3 Å². The van der Waals surface area contributed by atoms with Crippen LogP contribution in [-0.2, 0) is 7.05 Å². The molecular formula is C23H30ClN7. The van der Waals surface area contributed by atoms with E-state index < -0.39 is 0 Å². The van der Waals surface area contributed by atoms with Crippen LogP contribution in [0.1, 0.15) is 55.8 Å². The van der Waals surface area contributed by atoms with Gasteiger partial charge < -0.3 is 16.4 Å². The van der Waals surface area contributed by atoms with E-state index in [1.165, 1.54) is 25.7 Å². The molecule has 1 spiro atoms. The van der Waals surface area contributed by atoms with Crippen molar-refractivity contribution in [2.75, 3.05) is 24.1 Å². The van der Waals surface area contributed by atoms with Gasteiger partial charge in [-0.3, -0.25) is 4.68 Å². The largest absolute Gasteiger partial charge is 0.382 e. The van der Waals surface area contributed by atoms with Crippen molar-refractivity contribution < 1.29 is 0 Å². The molecule has 0 bridgehead atoms. The summed E-state index contributed by atoms with van der Waals surface area (Å²) in [5.74, 6) is 1.16. The third-order valence-electron chi connectivity index (χ3n) is 7.39. The molecule has 1 aliphatic carbocycles. The lowest BCUT2D eigenvalue weighted by molar-refractivity contribution is 0.122. The highest BCUT2D eigenvalue weighted by atomic mass is 35.5. The number of benzene rings is 1. The van der Waals surface area contributed by atoms with E-state index >= 15 is 0 Å². The van der Waals surface area contributed by atoms with E-state index in [1.54, 1.807) is 0 Å². The van der Waals surface area contributed by atoms with Crippen LogP contribution in [0.5, 0.6) is 0 Å². The van der Waals surface area contributed by atoms with Crippen molar-refractivity contribution >= 4 is 40.0 Å². The molecule has 0 amide bonds. The number of piperidine rings is 1. The SMILES string of the molecule is Cc1c2ccc(Nc3nc(N)c(Cl)c(C4CCC5(CCNCC5)CC4)n3)cc2nn1C. The van der Waals surface area contributed by atoms with Crippen molar-refractivity contribution in [3.8, 4) is 0 Å². The predicted molar refractivity (Wildman–Crippen MR) is 126 cm³/mol. The van der Waals surface area contributed by atoms with Crippen LogP contribution in [0.3, 0.4) is 0 Å². The van der Waals surface area contributed by atoms with Gasteiger partial charge >= 0.3 is 0 Å². The fourth-order valence-electron chi connectivity index (χ4n) is 5.31. The molecular weight excluding hydrogens is 410 g/mol. The van der Waals surface area contributed by atoms with Gasteiger partial charge in [0.1, 0.15) is 10.8 Å². The Labute approximate surface area is 187 Å². The molecule has 1 saturated heterocycles. The van der Waals surface area contributed by atoms with Gasteiger partial charge in [0.15, 0.2) is 0 Å². The van der Waals surface area contributed by atoms with Gasteiger partial charge in [-0.2, -0.15) is 10.1 Å². The maximum Gasteiger partial charge on any atom is 0.229 e. The van der Waals surface area contributed by atoms with Crippen molar-refractivity contribution in [2.24, 2.45) is 12.5 Å². The van der Waals surface area contributed by atoms with Crippen molar-refractivity contribution in [2.45, 2.75) is 51.4 Å². The van der Waals surface area contributed by atoms with E-state index in [2.05, 4.69) is 33.7 Å². The molecule has 3 aromatic rings. The van der Waals surface area contributed by atoms with Gasteiger partial charge in [0.05, 0.1) is 11.2 Å². The van der Waals surface area contributed by atoms with Gasteiger partial charge in [-0.15, -0.1) is 0 Å². The second kappa shape index (κ2) is 7.95. The van der Waals surface area contributed by atoms with E-state index in [1.807, 2.05) is 23.9 Å². The summed E-state index contributed by atoms with van der Waals surface area (Å²) in [5, 5.41) is 13.0. The standard InChI is InChI=1S/C23H30ClN7/c1-14-17-4-3-16(13-18(17)30-31(14)2)27-22-28-20(19(24)21(25)29-22)15-5-7-23(8-6-15)9-11-26-12-10-23/h3-4,13,15,26H,5-12H2,1-2H3,(H3,25,27,28,29). The van der Waals surface area contributed by atoms with Crippen LogP contribution in [0.4, 0.5) is 17.5 Å². The van der Waals surface area contributed by atoms with Crippen molar-refractivity contribution in [3.63, 3.8) is 0 Å². The average molecular weight is 440 g/mol. The third-order valence-corrected chi connectivity index (χ3v) is 7.77. The number of hydrogen-bond acceptors (Lipinski definition) is 6. The van der Waals surface area contributed by atoms with Crippen LogP contribution in [0.25, 0.3) is 10.9 Å². The second-order valence-corrected chi connectivity index (χ2v) is 9.60. The van der Waals surface area contributed by atoms with E-state index in [0.29, 0.717) is 28.1 Å². The number of nitrogens with two attached hydrogens (primary N) is 1. The van der Waals surface area contributed by atoms with Gasteiger partial charge in [-0.05, 0) is 82.2 Å². The fourth-order valence-corrected chi connectivity index (χ4v) is 5.55. The minimum Gasteiger partial charge on any atom is -0.382 e. The van der Waals surface area contributed by atoms with Crippen LogP contribution in [0.2, 0.25) is 5.02 Å². The van der Waals surface area contributed by atoms with Crippen molar-refractivity contribution in [3.05, 3.63) is 34.6 Å². The molecule has 0 atom stereocenters. The predicted octanol–water partition coefficient (Wildman–Crippen LogP) is 4.68. The van der Waals surface area contributed by atoms with Crippen LogP contribution >= 0.6 is 11.6 Å². The Balaban J connectivity index is 1.38. The average Bonchev–Trinajstić information content (AvgIpc) is 3.05. The first-order valence-corrected chi connectivity index (χ1v) is 11.6. The topological polar surface area (TPSA) is 93.7 Å². The fraction of sp³-hybridized carbons (Fsp3) is 0.522. The molecule has 7 nitrogen and oxygen atoms in total. The number of nitrogen functional groups attached to an aromatic ring is 1. The second-order valence-electron chi connectivity index (χ2n) is 9.22. The van der Waals surface area contributed by atoms with Crippen LogP contribution < -0.4 is 16.4 Å². The highest BCUT2D eigenvalue weighted by Gasteiger charge is 2.37. The minimum absolute atomic E-state index is 0.333. The normalized spacial score (nSPS) is 19.2. The first-order chi connectivity index (χ1) is 14.9. The summed E-state index contributed by atoms with van der Waals surface area (Å²) in [4.78, 5) is 9.22. The zero-order valence-electron chi connectivity index (χ0n) is 18.2. The summed E-state index contributed by atoms with van der Waals surface area (Å²) < 4.78 is 1.89. The van der Waals surface area contributed by atoms with Gasteiger partial charge in [0, 0.05) is 29.7 Å². The summed E-state index contributed by atoms with van der Waals surface area (Å²) in [6.07, 6.45) is 7.24. The summed E-state index contributed by atoms with van der Waals surface area (Å²) in [5.41, 5.74) is 10.5. The summed E-state index contributed by atoms with van der Waals surface area (Å²) >= 11 is 6.58. The van der Waals surface area contributed by atoms with Gasteiger partial charge in [-0.1, -0.05) is 11.6 Å². The maximum absolute atomic E-state index is 6.58. The highest BCUT2D eigenvalue weighted by molar-refractivity contribution is 6.33. The maximum atomic E-state index is 6.58. The Hall–Kier alpha value is -2.38. The Morgan fingerprint density at radius 2 is 1.90 bits per heavy atom. The summed E-state index contributed by atoms with van der Waals surface area (Å²) in [6.45, 7) is 4.34. The molecule has 8 heteroatoms. The number of fused-ring (bicyclic) bond motifs is 1. The van der Waals surface area contributed by atoms with E-state index in [0.717, 1.165) is 53.9 Å². The molecule has 2 aromatic heterocycles. The van der Waals surface area contributed by atoms with Gasteiger partial charge in [0.25, 0.3) is 0 Å². The zero-order valence-corrected chi connectivity index (χ0v) is 19.0. The third kappa shape index (κ3) is 3.85. The minimum atomic E-state index is 0.333. The lowest BCUT2D eigenvalue weighted by Crippen LogP contribution is -2.39. The Morgan fingerprint density at radius 1 is 1.16 bits per heavy atom. The number of aryl methyl sites for hydroxylation is 2. The van der Waals surface area contributed by atoms with E-state index in [9.17, 15) is 0 Å². The zero-order chi connectivity index (χ0) is 21.6. The molecule has 4 N–H and O–H groups in total. The monoisotopic (exact) mass is 439 g/mol. The van der Waals surface area contributed by atoms with E-state index in [-0.39, 0.29) is 0 Å². The van der Waals surface area contributed by atoms with Crippen molar-refractivity contribution in [1.82, 2.24) is 25.1 Å². The highest BCUT2D eigenvalue weighted by Crippen LogP contribution is 2.49. The smallest absolute Gasteiger partial charge is 0.229 e. The molecule has 164 valence electrons. The molecule has 5 rings (SSSR count). The van der Waals surface area contributed by atoms with Crippen molar-refractivity contribution in [1.29, 1.82) is 0 Å². The molecule has 1 aromatic carbocycles. The molecule has 1 saturated carbocycles. The molecule has 1 aliphatic heterocycles. The number of anilines is 3. The van der Waals surface area contributed by atoms with Crippen LogP contribution in [-0.4, -0.2) is 32.8 Å². The van der Waals surface area contributed by atoms with Gasteiger partial charge in [0.2, 0.25) is 5.95 Å². The number of halogens is 1. The number of aromatic nitrogens is 4. The first-order valence-electron chi connectivity index (χ1n) is 11.2. The number of hydrogen-bond donors (Lipinski definition) is 3. The Kier molecular flexibility index (Phi) is 5.26. The van der Waals surface area contributed by atoms with Crippen LogP contribution in [0.15, 0.2) is 18.2 Å². The number of nitrogens with zero attached hydrogens (tertiary/aromatic N) is 4. The Morgan fingerprint density at radius 3 is 2.65 bits per heavy atom. The lowest BCUT2D eigenvalue weighted by Gasteiger charge is -2.43. The van der Waals surface area contributed by atoms with Crippen LogP contribution in [0, 0.1) is 12.3 Å². The molecule has 0 unspecified atom stereocenters. The number of rotatable bonds is 3. The Bertz CT molecular complexity index is 1110. The quantitative estimate of drug-likeness (QED) is 0.548. The lowest BCUT2D eigenvalue weighted by atomic mass is 9.65.